The number of ether oxygens (including phenoxy) is 1. The number of hydrogen-bond acceptors (Lipinski definition) is 4. The first-order valence-electron chi connectivity index (χ1n) is 6.51. The summed E-state index contributed by atoms with van der Waals surface area (Å²) in [5.41, 5.74) is 0. The summed E-state index contributed by atoms with van der Waals surface area (Å²) in [4.78, 5) is 13.9. The number of nitrogens with zero attached hydrogens (tertiary/aromatic N) is 1. The second-order valence-electron chi connectivity index (χ2n) is 4.50. The Morgan fingerprint density at radius 1 is 1.47 bits per heavy atom. The molecule has 1 aliphatic rings. The zero-order valence-electron chi connectivity index (χ0n) is 11.2. The molecule has 1 aromatic rings. The molecule has 1 aromatic carbocycles. The molecule has 2 rings (SSSR count). The van der Waals surface area contributed by atoms with Crippen molar-refractivity contribution >= 4 is 17.7 Å². The number of amides is 1. The molecule has 1 heterocycles. The number of likely N-dealkylation sites (N-methyl/N-ethyl adjacent to an activating group) is 1. The van der Waals surface area contributed by atoms with Crippen molar-refractivity contribution in [1.82, 2.24) is 10.2 Å². The van der Waals surface area contributed by atoms with Gasteiger partial charge in [0, 0.05) is 25.1 Å². The predicted molar refractivity (Wildman–Crippen MR) is 78.7 cm³/mol. The van der Waals surface area contributed by atoms with Crippen LogP contribution in [0.3, 0.4) is 0 Å². The van der Waals surface area contributed by atoms with Gasteiger partial charge in [0.25, 0.3) is 0 Å². The van der Waals surface area contributed by atoms with Crippen LogP contribution >= 0.6 is 11.8 Å². The van der Waals surface area contributed by atoms with Crippen molar-refractivity contribution in [2.75, 3.05) is 38.2 Å². The molecule has 1 atom stereocenters. The summed E-state index contributed by atoms with van der Waals surface area (Å²) in [5.74, 6) is 2.95. The number of rotatable bonds is 5. The summed E-state index contributed by atoms with van der Waals surface area (Å²) >= 11 is 1.83. The lowest BCUT2D eigenvalue weighted by atomic mass is 10.3. The molecule has 1 N–H and O–H groups in total. The summed E-state index contributed by atoms with van der Waals surface area (Å²) in [5, 5.41) is 3.26. The Labute approximate surface area is 118 Å². The standard InChI is InChI=1S/C14H20N2O2S/c1-16(14(17)13-11-19-10-7-15-13)8-9-18-12-5-3-2-4-6-12/h2-6,13,15H,7-11H2,1H3. The first kappa shape index (κ1) is 14.2. The topological polar surface area (TPSA) is 41.6 Å². The van der Waals surface area contributed by atoms with E-state index < -0.39 is 0 Å². The Morgan fingerprint density at radius 2 is 2.26 bits per heavy atom. The average Bonchev–Trinajstić information content (AvgIpc) is 2.48. The maximum absolute atomic E-state index is 12.1. The van der Waals surface area contributed by atoms with Crippen LogP contribution in [0.15, 0.2) is 30.3 Å². The van der Waals surface area contributed by atoms with Crippen molar-refractivity contribution in [2.24, 2.45) is 0 Å². The first-order chi connectivity index (χ1) is 9.27. The Kier molecular flexibility index (Phi) is 5.54. The van der Waals surface area contributed by atoms with E-state index in [4.69, 9.17) is 4.74 Å². The van der Waals surface area contributed by atoms with Gasteiger partial charge in [-0.25, -0.2) is 0 Å². The number of carbonyl (C=O) groups excluding carboxylic acids is 1. The minimum atomic E-state index is -0.0412. The number of nitrogens with one attached hydrogen (secondary N) is 1. The molecule has 19 heavy (non-hydrogen) atoms. The third-order valence-electron chi connectivity index (χ3n) is 3.03. The van der Waals surface area contributed by atoms with E-state index in [-0.39, 0.29) is 11.9 Å². The van der Waals surface area contributed by atoms with Gasteiger partial charge in [-0.15, -0.1) is 0 Å². The van der Waals surface area contributed by atoms with E-state index in [1.807, 2.05) is 49.1 Å². The smallest absolute Gasteiger partial charge is 0.240 e. The van der Waals surface area contributed by atoms with Gasteiger partial charge in [-0.05, 0) is 12.1 Å². The highest BCUT2D eigenvalue weighted by Crippen LogP contribution is 2.10. The van der Waals surface area contributed by atoms with Crippen LogP contribution < -0.4 is 10.1 Å². The van der Waals surface area contributed by atoms with Gasteiger partial charge < -0.3 is 15.0 Å². The Bertz CT molecular complexity index is 394. The van der Waals surface area contributed by atoms with Crippen molar-refractivity contribution < 1.29 is 9.53 Å². The van der Waals surface area contributed by atoms with E-state index in [9.17, 15) is 4.79 Å². The molecule has 1 amide bonds. The van der Waals surface area contributed by atoms with E-state index in [1.165, 1.54) is 0 Å². The van der Waals surface area contributed by atoms with Crippen LogP contribution in [0, 0.1) is 0 Å². The van der Waals surface area contributed by atoms with Crippen LogP contribution in [0.25, 0.3) is 0 Å². The fourth-order valence-corrected chi connectivity index (χ4v) is 2.84. The molecule has 0 radical (unpaired) electrons. The summed E-state index contributed by atoms with van der Waals surface area (Å²) in [6.07, 6.45) is 0. The van der Waals surface area contributed by atoms with Crippen molar-refractivity contribution in [3.63, 3.8) is 0 Å². The quantitative estimate of drug-likeness (QED) is 0.881. The van der Waals surface area contributed by atoms with Crippen LogP contribution in [0.2, 0.25) is 0 Å². The fourth-order valence-electron chi connectivity index (χ4n) is 1.92. The highest BCUT2D eigenvalue weighted by Gasteiger charge is 2.23. The normalized spacial score (nSPS) is 18.9. The molecule has 5 heteroatoms. The molecule has 104 valence electrons. The molecular formula is C14H20N2O2S. The lowest BCUT2D eigenvalue weighted by Crippen LogP contribution is -2.50. The highest BCUT2D eigenvalue weighted by molar-refractivity contribution is 7.99. The number of thioether (sulfide) groups is 1. The third kappa shape index (κ3) is 4.44. The van der Waals surface area contributed by atoms with E-state index in [2.05, 4.69) is 5.32 Å². The molecule has 1 saturated heterocycles. The van der Waals surface area contributed by atoms with E-state index in [1.54, 1.807) is 4.90 Å². The largest absolute Gasteiger partial charge is 0.492 e. The van der Waals surface area contributed by atoms with Crippen LogP contribution in [-0.4, -0.2) is 55.1 Å². The molecular weight excluding hydrogens is 260 g/mol. The molecule has 1 unspecified atom stereocenters. The average molecular weight is 280 g/mol. The van der Waals surface area contributed by atoms with E-state index in [0.29, 0.717) is 13.2 Å². The lowest BCUT2D eigenvalue weighted by Gasteiger charge is -2.27. The molecule has 0 spiro atoms. The van der Waals surface area contributed by atoms with Crippen LogP contribution in [0.5, 0.6) is 5.75 Å². The van der Waals surface area contributed by atoms with Gasteiger partial charge in [0.15, 0.2) is 0 Å². The van der Waals surface area contributed by atoms with Crippen LogP contribution in [0.4, 0.5) is 0 Å². The van der Waals surface area contributed by atoms with Crippen molar-refractivity contribution in [2.45, 2.75) is 6.04 Å². The fraction of sp³-hybridized carbons (Fsp3) is 0.500. The Balaban J connectivity index is 1.71. The molecule has 1 fully saturated rings. The van der Waals surface area contributed by atoms with E-state index in [0.717, 1.165) is 23.8 Å². The second kappa shape index (κ2) is 7.40. The van der Waals surface area contributed by atoms with Gasteiger partial charge in [0.1, 0.15) is 12.4 Å². The zero-order chi connectivity index (χ0) is 13.5. The number of carbonyl (C=O) groups is 1. The zero-order valence-corrected chi connectivity index (χ0v) is 12.0. The second-order valence-corrected chi connectivity index (χ2v) is 5.65. The molecule has 1 aliphatic heterocycles. The summed E-state index contributed by atoms with van der Waals surface area (Å²) in [6.45, 7) is 2.04. The van der Waals surface area contributed by atoms with Crippen molar-refractivity contribution in [3.05, 3.63) is 30.3 Å². The SMILES string of the molecule is CN(CCOc1ccccc1)C(=O)C1CSCCN1. The molecule has 0 aliphatic carbocycles. The van der Waals surface area contributed by atoms with Crippen LogP contribution in [0.1, 0.15) is 0 Å². The molecule has 0 bridgehead atoms. The Morgan fingerprint density at radius 3 is 2.95 bits per heavy atom. The van der Waals surface area contributed by atoms with Gasteiger partial charge in [-0.1, -0.05) is 18.2 Å². The van der Waals surface area contributed by atoms with Gasteiger partial charge in [0.2, 0.25) is 5.91 Å². The minimum absolute atomic E-state index is 0.0412. The van der Waals surface area contributed by atoms with Gasteiger partial charge >= 0.3 is 0 Å². The summed E-state index contributed by atoms with van der Waals surface area (Å²) < 4.78 is 5.59. The minimum Gasteiger partial charge on any atom is -0.492 e. The maximum atomic E-state index is 12.1. The van der Waals surface area contributed by atoms with Gasteiger partial charge in [0.05, 0.1) is 12.6 Å². The molecule has 0 saturated carbocycles. The molecule has 0 aromatic heterocycles. The van der Waals surface area contributed by atoms with Crippen molar-refractivity contribution in [1.29, 1.82) is 0 Å². The first-order valence-corrected chi connectivity index (χ1v) is 7.67. The van der Waals surface area contributed by atoms with Gasteiger partial charge in [-0.2, -0.15) is 11.8 Å². The monoisotopic (exact) mass is 280 g/mol. The summed E-state index contributed by atoms with van der Waals surface area (Å²) in [7, 11) is 1.83. The highest BCUT2D eigenvalue weighted by atomic mass is 32.2. The van der Waals surface area contributed by atoms with Crippen molar-refractivity contribution in [3.8, 4) is 5.75 Å². The van der Waals surface area contributed by atoms with Crippen LogP contribution in [-0.2, 0) is 4.79 Å². The van der Waals surface area contributed by atoms with Gasteiger partial charge in [-0.3, -0.25) is 4.79 Å². The van der Waals surface area contributed by atoms with E-state index >= 15 is 0 Å². The number of benzene rings is 1. The predicted octanol–water partition coefficient (Wildman–Crippen LogP) is 1.23. The number of hydrogen-bond donors (Lipinski definition) is 1. The maximum Gasteiger partial charge on any atom is 0.240 e. The Hall–Kier alpha value is -1.20. The molecule has 4 nitrogen and oxygen atoms in total. The number of para-hydroxylation sites is 1. The third-order valence-corrected chi connectivity index (χ3v) is 4.10. The lowest BCUT2D eigenvalue weighted by molar-refractivity contribution is -0.131. The summed E-state index contributed by atoms with van der Waals surface area (Å²) in [6, 6.07) is 9.62.